The molecular formula is C13H26F2N2. The maximum absolute atomic E-state index is 12.3. The molecule has 4 heteroatoms. The highest BCUT2D eigenvalue weighted by Gasteiger charge is 2.27. The van der Waals surface area contributed by atoms with Crippen LogP contribution in [0.5, 0.6) is 0 Å². The molecule has 0 spiro atoms. The Morgan fingerprint density at radius 2 is 1.82 bits per heavy atom. The van der Waals surface area contributed by atoms with Crippen molar-refractivity contribution in [3.63, 3.8) is 0 Å². The standard InChI is InChI=1S/C13H26F2N2/c1-4-6-13(2,3)17-8-5-7-16(9-10-17)11-12(14)15/h12H,4-11H2,1-3H3. The Labute approximate surface area is 104 Å². The summed E-state index contributed by atoms with van der Waals surface area (Å²) in [4.78, 5) is 4.36. The molecule has 1 aliphatic rings. The second-order valence-electron chi connectivity index (χ2n) is 5.59. The van der Waals surface area contributed by atoms with Crippen LogP contribution >= 0.6 is 0 Å². The SMILES string of the molecule is CCCC(C)(C)N1CCCN(CC(F)F)CC1. The largest absolute Gasteiger partial charge is 0.297 e. The van der Waals surface area contributed by atoms with Gasteiger partial charge in [0.05, 0.1) is 6.54 Å². The molecule has 0 bridgehead atoms. The molecule has 1 fully saturated rings. The highest BCUT2D eigenvalue weighted by Crippen LogP contribution is 2.22. The van der Waals surface area contributed by atoms with Gasteiger partial charge in [0, 0.05) is 18.6 Å². The molecule has 0 aliphatic carbocycles. The number of hydrogen-bond donors (Lipinski definition) is 0. The summed E-state index contributed by atoms with van der Waals surface area (Å²) in [5, 5.41) is 0. The van der Waals surface area contributed by atoms with Gasteiger partial charge >= 0.3 is 0 Å². The molecule has 102 valence electrons. The lowest BCUT2D eigenvalue weighted by molar-refractivity contribution is 0.0824. The van der Waals surface area contributed by atoms with Crippen LogP contribution in [0.25, 0.3) is 0 Å². The molecule has 0 aromatic carbocycles. The first-order valence-electron chi connectivity index (χ1n) is 6.71. The first-order valence-corrected chi connectivity index (χ1v) is 6.71. The molecule has 0 saturated carbocycles. The summed E-state index contributed by atoms with van der Waals surface area (Å²) in [6.07, 6.45) is 1.14. The summed E-state index contributed by atoms with van der Waals surface area (Å²) >= 11 is 0. The number of nitrogens with zero attached hydrogens (tertiary/aromatic N) is 2. The van der Waals surface area contributed by atoms with Crippen molar-refractivity contribution in [3.8, 4) is 0 Å². The average molecular weight is 248 g/mol. The lowest BCUT2D eigenvalue weighted by atomic mass is 9.96. The van der Waals surface area contributed by atoms with Gasteiger partial charge in [-0.3, -0.25) is 9.80 Å². The molecule has 1 rings (SSSR count). The molecule has 1 heterocycles. The van der Waals surface area contributed by atoms with Crippen molar-refractivity contribution >= 4 is 0 Å². The first-order chi connectivity index (χ1) is 7.95. The summed E-state index contributed by atoms with van der Waals surface area (Å²) in [6.45, 7) is 10.2. The van der Waals surface area contributed by atoms with E-state index in [1.807, 2.05) is 4.90 Å². The van der Waals surface area contributed by atoms with Crippen LogP contribution < -0.4 is 0 Å². The van der Waals surface area contributed by atoms with E-state index in [-0.39, 0.29) is 12.1 Å². The van der Waals surface area contributed by atoms with E-state index in [1.165, 1.54) is 12.8 Å². The Morgan fingerprint density at radius 3 is 2.41 bits per heavy atom. The Morgan fingerprint density at radius 1 is 1.12 bits per heavy atom. The zero-order chi connectivity index (χ0) is 12.9. The third-order valence-electron chi connectivity index (χ3n) is 3.70. The van der Waals surface area contributed by atoms with Crippen LogP contribution in [0.2, 0.25) is 0 Å². The van der Waals surface area contributed by atoms with Gasteiger partial charge in [-0.05, 0) is 39.8 Å². The van der Waals surface area contributed by atoms with Crippen LogP contribution in [-0.4, -0.2) is 54.5 Å². The summed E-state index contributed by atoms with van der Waals surface area (Å²) in [7, 11) is 0. The number of halogens is 2. The number of rotatable bonds is 5. The summed E-state index contributed by atoms with van der Waals surface area (Å²) in [5.41, 5.74) is 0.204. The molecule has 1 saturated heterocycles. The van der Waals surface area contributed by atoms with E-state index in [1.54, 1.807) is 0 Å². The Hall–Kier alpha value is -0.220. The van der Waals surface area contributed by atoms with Gasteiger partial charge in [0.25, 0.3) is 6.43 Å². The highest BCUT2D eigenvalue weighted by atomic mass is 19.3. The van der Waals surface area contributed by atoms with Gasteiger partial charge in [-0.25, -0.2) is 8.78 Å². The minimum absolute atomic E-state index is 0.0674. The van der Waals surface area contributed by atoms with E-state index >= 15 is 0 Å². The fourth-order valence-electron chi connectivity index (χ4n) is 2.72. The zero-order valence-electron chi connectivity index (χ0n) is 11.4. The molecule has 0 radical (unpaired) electrons. The molecule has 0 amide bonds. The lowest BCUT2D eigenvalue weighted by Crippen LogP contribution is -2.45. The lowest BCUT2D eigenvalue weighted by Gasteiger charge is -2.38. The van der Waals surface area contributed by atoms with Crippen molar-refractivity contribution in [2.75, 3.05) is 32.7 Å². The first kappa shape index (κ1) is 14.8. The molecule has 0 aromatic rings. The quantitative estimate of drug-likeness (QED) is 0.738. The molecule has 0 unspecified atom stereocenters. The molecule has 17 heavy (non-hydrogen) atoms. The molecule has 0 aromatic heterocycles. The zero-order valence-corrected chi connectivity index (χ0v) is 11.4. The number of hydrogen-bond acceptors (Lipinski definition) is 2. The maximum Gasteiger partial charge on any atom is 0.251 e. The highest BCUT2D eigenvalue weighted by molar-refractivity contribution is 4.83. The van der Waals surface area contributed by atoms with Gasteiger partial charge in [0.1, 0.15) is 0 Å². The topological polar surface area (TPSA) is 6.48 Å². The van der Waals surface area contributed by atoms with E-state index in [0.717, 1.165) is 32.6 Å². The van der Waals surface area contributed by atoms with Crippen LogP contribution in [0, 0.1) is 0 Å². The maximum atomic E-state index is 12.3. The second kappa shape index (κ2) is 6.64. The molecule has 1 aliphatic heterocycles. The van der Waals surface area contributed by atoms with Gasteiger partial charge in [0.15, 0.2) is 0 Å². The van der Waals surface area contributed by atoms with Crippen molar-refractivity contribution < 1.29 is 8.78 Å². The third-order valence-corrected chi connectivity index (χ3v) is 3.70. The van der Waals surface area contributed by atoms with E-state index < -0.39 is 6.43 Å². The summed E-state index contributed by atoms with van der Waals surface area (Å²) < 4.78 is 24.7. The third kappa shape index (κ3) is 4.88. The van der Waals surface area contributed by atoms with Gasteiger partial charge in [0.2, 0.25) is 0 Å². The van der Waals surface area contributed by atoms with Gasteiger partial charge < -0.3 is 0 Å². The van der Waals surface area contributed by atoms with Crippen molar-refractivity contribution in [1.82, 2.24) is 9.80 Å². The molecular weight excluding hydrogens is 222 g/mol. The predicted molar refractivity (Wildman–Crippen MR) is 67.6 cm³/mol. The van der Waals surface area contributed by atoms with Gasteiger partial charge in [-0.15, -0.1) is 0 Å². The van der Waals surface area contributed by atoms with Crippen LogP contribution in [0.3, 0.4) is 0 Å². The van der Waals surface area contributed by atoms with Crippen molar-refractivity contribution in [3.05, 3.63) is 0 Å². The second-order valence-corrected chi connectivity index (χ2v) is 5.59. The minimum atomic E-state index is -2.20. The fraction of sp³-hybridized carbons (Fsp3) is 1.00. The fourth-order valence-corrected chi connectivity index (χ4v) is 2.72. The van der Waals surface area contributed by atoms with Crippen molar-refractivity contribution in [2.45, 2.75) is 52.0 Å². The van der Waals surface area contributed by atoms with Crippen LogP contribution in [-0.2, 0) is 0 Å². The van der Waals surface area contributed by atoms with Crippen LogP contribution in [0.4, 0.5) is 8.78 Å². The normalized spacial score (nSPS) is 20.8. The smallest absolute Gasteiger partial charge is 0.251 e. The monoisotopic (exact) mass is 248 g/mol. The predicted octanol–water partition coefficient (Wildman–Crippen LogP) is 2.84. The van der Waals surface area contributed by atoms with E-state index in [9.17, 15) is 8.78 Å². The summed E-state index contributed by atoms with van der Waals surface area (Å²) in [5.74, 6) is 0. The average Bonchev–Trinajstić information content (AvgIpc) is 2.42. The van der Waals surface area contributed by atoms with Crippen molar-refractivity contribution in [1.29, 1.82) is 0 Å². The Balaban J connectivity index is 2.47. The van der Waals surface area contributed by atoms with E-state index in [4.69, 9.17) is 0 Å². The van der Waals surface area contributed by atoms with Gasteiger partial charge in [-0.1, -0.05) is 13.3 Å². The minimum Gasteiger partial charge on any atom is -0.297 e. The molecule has 2 nitrogen and oxygen atoms in total. The van der Waals surface area contributed by atoms with Gasteiger partial charge in [-0.2, -0.15) is 0 Å². The van der Waals surface area contributed by atoms with E-state index in [0.29, 0.717) is 0 Å². The molecule has 0 N–H and O–H groups in total. The molecule has 0 atom stereocenters. The van der Waals surface area contributed by atoms with Crippen LogP contribution in [0.1, 0.15) is 40.0 Å². The van der Waals surface area contributed by atoms with E-state index in [2.05, 4.69) is 25.7 Å². The van der Waals surface area contributed by atoms with Crippen molar-refractivity contribution in [2.24, 2.45) is 0 Å². The number of alkyl halides is 2. The van der Waals surface area contributed by atoms with Crippen LogP contribution in [0.15, 0.2) is 0 Å². The Bertz CT molecular complexity index is 219. The summed E-state index contributed by atoms with van der Waals surface area (Å²) in [6, 6.07) is 0. The Kier molecular flexibility index (Phi) is 5.80.